The molecular formula is C15H22N2S. The quantitative estimate of drug-likeness (QED) is 0.770. The summed E-state index contributed by atoms with van der Waals surface area (Å²) < 4.78 is 0. The summed E-state index contributed by atoms with van der Waals surface area (Å²) in [6, 6.07) is 11.6. The summed E-state index contributed by atoms with van der Waals surface area (Å²) in [5.41, 5.74) is 0. The molecule has 0 spiro atoms. The van der Waals surface area contributed by atoms with Crippen LogP contribution in [0.1, 0.15) is 12.8 Å². The fourth-order valence-corrected chi connectivity index (χ4v) is 4.00. The Bertz CT molecular complexity index is 368. The molecule has 3 heteroatoms. The van der Waals surface area contributed by atoms with Crippen LogP contribution in [0.15, 0.2) is 35.2 Å². The molecule has 0 N–H and O–H groups in total. The van der Waals surface area contributed by atoms with Gasteiger partial charge in [0.05, 0.1) is 0 Å². The van der Waals surface area contributed by atoms with E-state index in [-0.39, 0.29) is 0 Å². The molecule has 98 valence electrons. The second-order valence-corrected chi connectivity index (χ2v) is 6.46. The van der Waals surface area contributed by atoms with Crippen molar-refractivity contribution < 1.29 is 0 Å². The van der Waals surface area contributed by atoms with Gasteiger partial charge in [-0.25, -0.2) is 0 Å². The van der Waals surface area contributed by atoms with Gasteiger partial charge in [-0.3, -0.25) is 9.80 Å². The first-order valence-corrected chi connectivity index (χ1v) is 8.04. The summed E-state index contributed by atoms with van der Waals surface area (Å²) >= 11 is 1.98. The highest BCUT2D eigenvalue weighted by molar-refractivity contribution is 7.99. The minimum Gasteiger partial charge on any atom is -0.300 e. The molecule has 1 atom stereocenters. The summed E-state index contributed by atoms with van der Waals surface area (Å²) in [4.78, 5) is 6.74. The zero-order valence-electron chi connectivity index (χ0n) is 10.9. The molecule has 1 aromatic carbocycles. The molecule has 0 aromatic heterocycles. The first kappa shape index (κ1) is 12.5. The van der Waals surface area contributed by atoms with Crippen molar-refractivity contribution in [1.82, 2.24) is 9.80 Å². The third-order valence-electron chi connectivity index (χ3n) is 4.09. The van der Waals surface area contributed by atoms with Crippen LogP contribution in [0, 0.1) is 0 Å². The Morgan fingerprint density at radius 2 is 2.00 bits per heavy atom. The van der Waals surface area contributed by atoms with E-state index in [1.54, 1.807) is 0 Å². The lowest BCUT2D eigenvalue weighted by molar-refractivity contribution is 0.110. The van der Waals surface area contributed by atoms with E-state index in [9.17, 15) is 0 Å². The Hall–Kier alpha value is -0.510. The van der Waals surface area contributed by atoms with Gasteiger partial charge in [0.25, 0.3) is 0 Å². The molecule has 2 aliphatic heterocycles. The number of hydrogen-bond acceptors (Lipinski definition) is 3. The van der Waals surface area contributed by atoms with Crippen molar-refractivity contribution in [3.63, 3.8) is 0 Å². The highest BCUT2D eigenvalue weighted by Gasteiger charge is 2.29. The molecule has 0 bridgehead atoms. The SMILES string of the molecule is c1ccc(SCCN2CCN3CCCC3C2)cc1. The zero-order chi connectivity index (χ0) is 12.2. The number of hydrogen-bond donors (Lipinski definition) is 0. The summed E-state index contributed by atoms with van der Waals surface area (Å²) in [6.45, 7) is 6.45. The van der Waals surface area contributed by atoms with Crippen molar-refractivity contribution in [2.75, 3.05) is 38.5 Å². The van der Waals surface area contributed by atoms with E-state index >= 15 is 0 Å². The molecule has 2 nitrogen and oxygen atoms in total. The number of fused-ring (bicyclic) bond motifs is 1. The maximum absolute atomic E-state index is 2.68. The van der Waals surface area contributed by atoms with Gasteiger partial charge in [-0.15, -0.1) is 11.8 Å². The highest BCUT2D eigenvalue weighted by atomic mass is 32.2. The van der Waals surface area contributed by atoms with Crippen LogP contribution in [0.4, 0.5) is 0 Å². The van der Waals surface area contributed by atoms with Crippen molar-refractivity contribution in [3.05, 3.63) is 30.3 Å². The molecule has 3 rings (SSSR count). The summed E-state index contributed by atoms with van der Waals surface area (Å²) in [5.74, 6) is 1.22. The number of nitrogens with zero attached hydrogens (tertiary/aromatic N) is 2. The van der Waals surface area contributed by atoms with E-state index in [0.717, 1.165) is 6.04 Å². The molecule has 0 aliphatic carbocycles. The average Bonchev–Trinajstić information content (AvgIpc) is 2.87. The molecular weight excluding hydrogens is 240 g/mol. The van der Waals surface area contributed by atoms with Gasteiger partial charge in [0.1, 0.15) is 0 Å². The number of benzene rings is 1. The second kappa shape index (κ2) is 6.09. The van der Waals surface area contributed by atoms with Crippen LogP contribution in [0.2, 0.25) is 0 Å². The Morgan fingerprint density at radius 1 is 1.11 bits per heavy atom. The van der Waals surface area contributed by atoms with E-state index in [4.69, 9.17) is 0 Å². The van der Waals surface area contributed by atoms with E-state index in [0.29, 0.717) is 0 Å². The van der Waals surface area contributed by atoms with Crippen LogP contribution in [0.3, 0.4) is 0 Å². The minimum absolute atomic E-state index is 0.862. The van der Waals surface area contributed by atoms with Gasteiger partial charge in [0.15, 0.2) is 0 Å². The van der Waals surface area contributed by atoms with Crippen LogP contribution >= 0.6 is 11.8 Å². The second-order valence-electron chi connectivity index (χ2n) is 5.29. The van der Waals surface area contributed by atoms with Gasteiger partial charge >= 0.3 is 0 Å². The third kappa shape index (κ3) is 3.08. The molecule has 2 heterocycles. The lowest BCUT2D eigenvalue weighted by Crippen LogP contribution is -2.50. The minimum atomic E-state index is 0.862. The van der Waals surface area contributed by atoms with Crippen molar-refractivity contribution in [3.8, 4) is 0 Å². The van der Waals surface area contributed by atoms with Crippen molar-refractivity contribution in [2.24, 2.45) is 0 Å². The topological polar surface area (TPSA) is 6.48 Å². The van der Waals surface area contributed by atoms with Crippen LogP contribution in [0.5, 0.6) is 0 Å². The highest BCUT2D eigenvalue weighted by Crippen LogP contribution is 2.22. The summed E-state index contributed by atoms with van der Waals surface area (Å²) in [6.07, 6.45) is 2.83. The molecule has 1 aromatic rings. The maximum Gasteiger partial charge on any atom is 0.0224 e. The van der Waals surface area contributed by atoms with E-state index < -0.39 is 0 Å². The van der Waals surface area contributed by atoms with Crippen molar-refractivity contribution >= 4 is 11.8 Å². The fourth-order valence-electron chi connectivity index (χ4n) is 3.07. The van der Waals surface area contributed by atoms with Gasteiger partial charge in [0.2, 0.25) is 0 Å². The first-order chi connectivity index (χ1) is 8.92. The van der Waals surface area contributed by atoms with Gasteiger partial charge < -0.3 is 0 Å². The lowest BCUT2D eigenvalue weighted by atomic mass is 10.1. The Labute approximate surface area is 114 Å². The monoisotopic (exact) mass is 262 g/mol. The normalized spacial score (nSPS) is 25.2. The van der Waals surface area contributed by atoms with Gasteiger partial charge in [-0.05, 0) is 31.5 Å². The molecule has 2 saturated heterocycles. The van der Waals surface area contributed by atoms with E-state index in [2.05, 4.69) is 40.1 Å². The Morgan fingerprint density at radius 3 is 2.89 bits per heavy atom. The molecule has 0 radical (unpaired) electrons. The van der Waals surface area contributed by atoms with Crippen LogP contribution < -0.4 is 0 Å². The maximum atomic E-state index is 2.68. The molecule has 2 aliphatic rings. The largest absolute Gasteiger partial charge is 0.300 e. The van der Waals surface area contributed by atoms with Gasteiger partial charge in [-0.2, -0.15) is 0 Å². The Balaban J connectivity index is 1.41. The van der Waals surface area contributed by atoms with E-state index in [1.807, 2.05) is 11.8 Å². The average molecular weight is 262 g/mol. The first-order valence-electron chi connectivity index (χ1n) is 7.06. The predicted molar refractivity (Wildman–Crippen MR) is 78.2 cm³/mol. The fraction of sp³-hybridized carbons (Fsp3) is 0.600. The summed E-state index contributed by atoms with van der Waals surface area (Å²) in [7, 11) is 0. The number of thioether (sulfide) groups is 1. The van der Waals surface area contributed by atoms with E-state index in [1.165, 1.54) is 56.2 Å². The molecule has 1 unspecified atom stereocenters. The molecule has 0 saturated carbocycles. The molecule has 0 amide bonds. The van der Waals surface area contributed by atoms with Gasteiger partial charge in [0, 0.05) is 42.9 Å². The number of piperazine rings is 1. The van der Waals surface area contributed by atoms with Crippen LogP contribution in [-0.4, -0.2) is 54.3 Å². The number of rotatable bonds is 4. The lowest BCUT2D eigenvalue weighted by Gasteiger charge is -2.37. The summed E-state index contributed by atoms with van der Waals surface area (Å²) in [5, 5.41) is 0. The predicted octanol–water partition coefficient (Wildman–Crippen LogP) is 2.56. The van der Waals surface area contributed by atoms with Crippen molar-refractivity contribution in [1.29, 1.82) is 0 Å². The smallest absolute Gasteiger partial charge is 0.0224 e. The standard InChI is InChI=1S/C15H22N2S/c1-2-6-15(7-3-1)18-12-11-16-9-10-17-8-4-5-14(17)13-16/h1-3,6-7,14H,4-5,8-13H2. The third-order valence-corrected chi connectivity index (χ3v) is 5.08. The van der Waals surface area contributed by atoms with Gasteiger partial charge in [-0.1, -0.05) is 18.2 Å². The molecule has 2 fully saturated rings. The van der Waals surface area contributed by atoms with Crippen molar-refractivity contribution in [2.45, 2.75) is 23.8 Å². The van der Waals surface area contributed by atoms with Crippen LogP contribution in [0.25, 0.3) is 0 Å². The Kier molecular flexibility index (Phi) is 4.24. The molecule has 18 heavy (non-hydrogen) atoms. The van der Waals surface area contributed by atoms with Crippen LogP contribution in [-0.2, 0) is 0 Å². The zero-order valence-corrected chi connectivity index (χ0v) is 11.7.